The highest BCUT2D eigenvalue weighted by atomic mass is 16.2. The van der Waals surface area contributed by atoms with Gasteiger partial charge in [-0.05, 0) is 42.9 Å². The highest BCUT2D eigenvalue weighted by Crippen LogP contribution is 2.37. The first-order valence-corrected chi connectivity index (χ1v) is 6.85. The summed E-state index contributed by atoms with van der Waals surface area (Å²) in [6, 6.07) is 7.65. The molecule has 3 atom stereocenters. The van der Waals surface area contributed by atoms with Crippen LogP contribution in [0.2, 0.25) is 0 Å². The fraction of sp³-hybridized carbons (Fsp3) is 0.533. The maximum atomic E-state index is 12.0. The van der Waals surface area contributed by atoms with Gasteiger partial charge in [-0.2, -0.15) is 0 Å². The van der Waals surface area contributed by atoms with E-state index in [-0.39, 0.29) is 12.1 Å². The highest BCUT2D eigenvalue weighted by Gasteiger charge is 2.34. The number of nitrogens with two attached hydrogens (primary N) is 1. The number of nitrogens with zero attached hydrogens (tertiary/aromatic N) is 1. The molecule has 1 saturated carbocycles. The molecule has 1 aliphatic carbocycles. The summed E-state index contributed by atoms with van der Waals surface area (Å²) < 4.78 is 0. The molecule has 0 bridgehead atoms. The zero-order chi connectivity index (χ0) is 14.0. The summed E-state index contributed by atoms with van der Waals surface area (Å²) >= 11 is 0. The van der Waals surface area contributed by atoms with Gasteiger partial charge in [0, 0.05) is 25.3 Å². The van der Waals surface area contributed by atoms with Crippen LogP contribution in [0.15, 0.2) is 24.3 Å². The molecule has 0 saturated heterocycles. The van der Waals surface area contributed by atoms with Gasteiger partial charge in [0.2, 0.25) is 0 Å². The Morgan fingerprint density at radius 3 is 2.53 bits per heavy atom. The molecule has 2 rings (SSSR count). The Kier molecular flexibility index (Phi) is 4.10. The van der Waals surface area contributed by atoms with Crippen LogP contribution in [-0.4, -0.2) is 24.5 Å². The molecular weight excluding hydrogens is 238 g/mol. The van der Waals surface area contributed by atoms with Gasteiger partial charge in [-0.25, -0.2) is 4.79 Å². The molecule has 1 aromatic carbocycles. The van der Waals surface area contributed by atoms with Crippen LogP contribution in [0.4, 0.5) is 10.5 Å². The van der Waals surface area contributed by atoms with E-state index in [9.17, 15) is 4.79 Å². The van der Waals surface area contributed by atoms with Crippen LogP contribution >= 0.6 is 0 Å². The molecular formula is C15H23N3O. The SMILES string of the molecule is CC(N)c1ccc(NC(=O)N(C)CC2CC2C)cc1. The zero-order valence-corrected chi connectivity index (χ0v) is 11.9. The summed E-state index contributed by atoms with van der Waals surface area (Å²) in [5, 5.41) is 2.90. The smallest absolute Gasteiger partial charge is 0.321 e. The van der Waals surface area contributed by atoms with Crippen molar-refractivity contribution in [2.45, 2.75) is 26.3 Å². The first-order valence-electron chi connectivity index (χ1n) is 6.85. The van der Waals surface area contributed by atoms with E-state index in [4.69, 9.17) is 5.73 Å². The number of rotatable bonds is 4. The van der Waals surface area contributed by atoms with Gasteiger partial charge in [-0.15, -0.1) is 0 Å². The lowest BCUT2D eigenvalue weighted by atomic mass is 10.1. The summed E-state index contributed by atoms with van der Waals surface area (Å²) in [6.45, 7) is 5.01. The van der Waals surface area contributed by atoms with Crippen molar-refractivity contribution < 1.29 is 4.79 Å². The number of carbonyl (C=O) groups is 1. The summed E-state index contributed by atoms with van der Waals surface area (Å²) in [5.74, 6) is 1.44. The molecule has 19 heavy (non-hydrogen) atoms. The van der Waals surface area contributed by atoms with Gasteiger partial charge in [0.05, 0.1) is 0 Å². The predicted octanol–water partition coefficient (Wildman–Crippen LogP) is 2.83. The summed E-state index contributed by atoms with van der Waals surface area (Å²) in [7, 11) is 1.84. The van der Waals surface area contributed by atoms with Crippen LogP contribution in [0.25, 0.3) is 0 Å². The van der Waals surface area contributed by atoms with E-state index < -0.39 is 0 Å². The fourth-order valence-corrected chi connectivity index (χ4v) is 2.18. The molecule has 0 heterocycles. The van der Waals surface area contributed by atoms with Crippen LogP contribution < -0.4 is 11.1 Å². The lowest BCUT2D eigenvalue weighted by molar-refractivity contribution is 0.220. The van der Waals surface area contributed by atoms with Gasteiger partial charge in [0.1, 0.15) is 0 Å². The van der Waals surface area contributed by atoms with E-state index in [0.717, 1.165) is 23.7 Å². The predicted molar refractivity (Wildman–Crippen MR) is 78.0 cm³/mol. The standard InChI is InChI=1S/C15H23N3O/c1-10-8-13(10)9-18(3)15(19)17-14-6-4-12(5-7-14)11(2)16/h4-7,10-11,13H,8-9,16H2,1-3H3,(H,17,19). The number of benzene rings is 1. The quantitative estimate of drug-likeness (QED) is 0.875. The second-order valence-electron chi connectivity index (χ2n) is 5.69. The van der Waals surface area contributed by atoms with Gasteiger partial charge < -0.3 is 16.0 Å². The topological polar surface area (TPSA) is 58.4 Å². The van der Waals surface area contributed by atoms with Crippen molar-refractivity contribution in [1.29, 1.82) is 0 Å². The van der Waals surface area contributed by atoms with E-state index >= 15 is 0 Å². The summed E-state index contributed by atoms with van der Waals surface area (Å²) in [4.78, 5) is 13.7. The molecule has 0 spiro atoms. The Morgan fingerprint density at radius 1 is 1.47 bits per heavy atom. The largest absolute Gasteiger partial charge is 0.327 e. The maximum Gasteiger partial charge on any atom is 0.321 e. The van der Waals surface area contributed by atoms with E-state index in [0.29, 0.717) is 5.92 Å². The Bertz CT molecular complexity index is 441. The number of hydrogen-bond donors (Lipinski definition) is 2. The normalized spacial score (nSPS) is 22.7. The molecule has 104 valence electrons. The molecule has 4 nitrogen and oxygen atoms in total. The summed E-state index contributed by atoms with van der Waals surface area (Å²) in [5.41, 5.74) is 7.67. The van der Waals surface area contributed by atoms with Crippen molar-refractivity contribution in [2.24, 2.45) is 17.6 Å². The van der Waals surface area contributed by atoms with Crippen molar-refractivity contribution in [1.82, 2.24) is 4.90 Å². The Balaban J connectivity index is 1.87. The molecule has 1 aliphatic rings. The first kappa shape index (κ1) is 13.9. The summed E-state index contributed by atoms with van der Waals surface area (Å²) in [6.07, 6.45) is 1.24. The maximum absolute atomic E-state index is 12.0. The zero-order valence-electron chi connectivity index (χ0n) is 11.9. The molecule has 1 aromatic rings. The Morgan fingerprint density at radius 2 is 2.05 bits per heavy atom. The third-order valence-corrected chi connectivity index (χ3v) is 3.82. The van der Waals surface area contributed by atoms with Crippen molar-refractivity contribution in [3.63, 3.8) is 0 Å². The number of nitrogens with one attached hydrogen (secondary N) is 1. The minimum absolute atomic E-state index is 0.0174. The van der Waals surface area contributed by atoms with Crippen LogP contribution in [-0.2, 0) is 0 Å². The monoisotopic (exact) mass is 261 g/mol. The fourth-order valence-electron chi connectivity index (χ4n) is 2.18. The van der Waals surface area contributed by atoms with Crippen LogP contribution in [0.1, 0.15) is 31.9 Å². The van der Waals surface area contributed by atoms with Gasteiger partial charge in [0.25, 0.3) is 0 Å². The minimum Gasteiger partial charge on any atom is -0.327 e. The Labute approximate surface area is 115 Å². The van der Waals surface area contributed by atoms with Gasteiger partial charge >= 0.3 is 6.03 Å². The van der Waals surface area contributed by atoms with E-state index in [1.807, 2.05) is 38.2 Å². The van der Waals surface area contributed by atoms with Crippen LogP contribution in [0.3, 0.4) is 0 Å². The average molecular weight is 261 g/mol. The molecule has 1 fully saturated rings. The van der Waals surface area contributed by atoms with E-state index in [1.165, 1.54) is 6.42 Å². The number of anilines is 1. The van der Waals surface area contributed by atoms with Crippen LogP contribution in [0.5, 0.6) is 0 Å². The van der Waals surface area contributed by atoms with E-state index in [1.54, 1.807) is 4.90 Å². The lowest BCUT2D eigenvalue weighted by Gasteiger charge is -2.18. The molecule has 2 amide bonds. The highest BCUT2D eigenvalue weighted by molar-refractivity contribution is 5.89. The van der Waals surface area contributed by atoms with Crippen LogP contribution in [0, 0.1) is 11.8 Å². The second-order valence-corrected chi connectivity index (χ2v) is 5.69. The van der Waals surface area contributed by atoms with Crippen molar-refractivity contribution in [3.05, 3.63) is 29.8 Å². The van der Waals surface area contributed by atoms with Gasteiger partial charge in [-0.1, -0.05) is 19.1 Å². The van der Waals surface area contributed by atoms with Crippen molar-refractivity contribution in [2.75, 3.05) is 18.9 Å². The van der Waals surface area contributed by atoms with Crippen molar-refractivity contribution >= 4 is 11.7 Å². The van der Waals surface area contributed by atoms with Crippen molar-refractivity contribution in [3.8, 4) is 0 Å². The van der Waals surface area contributed by atoms with E-state index in [2.05, 4.69) is 12.2 Å². The number of amides is 2. The first-order chi connectivity index (χ1) is 8.97. The number of urea groups is 1. The molecule has 0 aromatic heterocycles. The molecule has 4 heteroatoms. The molecule has 0 aliphatic heterocycles. The molecule has 3 unspecified atom stereocenters. The molecule has 0 radical (unpaired) electrons. The Hall–Kier alpha value is -1.55. The number of carbonyl (C=O) groups excluding carboxylic acids is 1. The average Bonchev–Trinajstić information content (AvgIpc) is 3.05. The third kappa shape index (κ3) is 3.70. The number of hydrogen-bond acceptors (Lipinski definition) is 2. The van der Waals surface area contributed by atoms with Gasteiger partial charge in [0.15, 0.2) is 0 Å². The van der Waals surface area contributed by atoms with Gasteiger partial charge in [-0.3, -0.25) is 0 Å². The minimum atomic E-state index is -0.0485. The third-order valence-electron chi connectivity index (χ3n) is 3.82. The second kappa shape index (κ2) is 5.61. The molecule has 3 N–H and O–H groups in total. The lowest BCUT2D eigenvalue weighted by Crippen LogP contribution is -2.33.